The predicted octanol–water partition coefficient (Wildman–Crippen LogP) is 3.31. The molecule has 2 aromatic rings. The first kappa shape index (κ1) is 18.0. The van der Waals surface area contributed by atoms with E-state index in [9.17, 15) is 9.59 Å². The van der Waals surface area contributed by atoms with E-state index < -0.39 is 5.97 Å². The van der Waals surface area contributed by atoms with Gasteiger partial charge in [0, 0.05) is 23.8 Å². The molecule has 140 valence electrons. The van der Waals surface area contributed by atoms with Gasteiger partial charge in [-0.05, 0) is 24.6 Å². The van der Waals surface area contributed by atoms with Crippen LogP contribution in [0.4, 0.5) is 22.1 Å². The maximum absolute atomic E-state index is 13.0. The number of esters is 1. The first-order valence-corrected chi connectivity index (χ1v) is 9.40. The molecule has 0 radical (unpaired) electrons. The number of anilines is 3. The van der Waals surface area contributed by atoms with Crippen molar-refractivity contribution in [1.29, 1.82) is 0 Å². The number of hydrogen-bond acceptors (Lipinski definition) is 6. The zero-order valence-electron chi connectivity index (χ0n) is 14.3. The molecule has 0 spiro atoms. The molecule has 1 atom stereocenters. The van der Waals surface area contributed by atoms with Gasteiger partial charge in [0.15, 0.2) is 11.5 Å². The second-order valence-corrected chi connectivity index (χ2v) is 7.52. The second-order valence-electron chi connectivity index (χ2n) is 6.20. The van der Waals surface area contributed by atoms with Gasteiger partial charge < -0.3 is 9.64 Å². The first-order chi connectivity index (χ1) is 13.0. The molecule has 1 saturated heterocycles. The summed E-state index contributed by atoms with van der Waals surface area (Å²) in [6.45, 7) is 1.47. The maximum Gasteiger partial charge on any atom is 0.358 e. The normalized spacial score (nSPS) is 17.5. The lowest BCUT2D eigenvalue weighted by Crippen LogP contribution is -2.48. The Morgan fingerprint density at radius 2 is 2.22 bits per heavy atom. The molecule has 27 heavy (non-hydrogen) atoms. The topological polar surface area (TPSA) is 87.7 Å². The van der Waals surface area contributed by atoms with Crippen molar-refractivity contribution in [3.05, 3.63) is 39.6 Å². The van der Waals surface area contributed by atoms with Crippen LogP contribution in [0, 0.1) is 0 Å². The summed E-state index contributed by atoms with van der Waals surface area (Å²) in [5.41, 5.74) is 0.706. The molecule has 4 heterocycles. The molecular formula is C17H15BrClN5O3. The highest BCUT2D eigenvalue weighted by Gasteiger charge is 2.41. The van der Waals surface area contributed by atoms with Crippen molar-refractivity contribution >= 4 is 56.9 Å². The fourth-order valence-corrected chi connectivity index (χ4v) is 3.93. The predicted molar refractivity (Wildman–Crippen MR) is 105 cm³/mol. The molecular weight excluding hydrogens is 438 g/mol. The minimum atomic E-state index is -0.648. The molecule has 2 aliphatic rings. The number of rotatable bonds is 2. The second kappa shape index (κ2) is 6.97. The molecule has 1 unspecified atom stereocenters. The number of carbonyl (C=O) groups is 2. The van der Waals surface area contributed by atoms with Crippen molar-refractivity contribution in [2.24, 2.45) is 0 Å². The van der Waals surface area contributed by atoms with E-state index in [0.717, 1.165) is 23.1 Å². The Hall–Kier alpha value is -2.39. The van der Waals surface area contributed by atoms with Crippen LogP contribution in [0.1, 0.15) is 16.9 Å². The summed E-state index contributed by atoms with van der Waals surface area (Å²) >= 11 is 9.58. The van der Waals surface area contributed by atoms with Gasteiger partial charge in [0.1, 0.15) is 5.82 Å². The van der Waals surface area contributed by atoms with Gasteiger partial charge in [-0.15, -0.1) is 0 Å². The number of nitrogens with zero attached hydrogens (tertiary/aromatic N) is 4. The molecule has 1 N–H and O–H groups in total. The monoisotopic (exact) mass is 451 g/mol. The van der Waals surface area contributed by atoms with Crippen LogP contribution in [-0.4, -0.2) is 48.2 Å². The number of halogens is 2. The summed E-state index contributed by atoms with van der Waals surface area (Å²) in [7, 11) is 1.26. The Morgan fingerprint density at radius 3 is 2.96 bits per heavy atom. The molecule has 4 rings (SSSR count). The number of nitrogens with one attached hydrogen (secondary N) is 1. The van der Waals surface area contributed by atoms with Gasteiger partial charge in [0.25, 0.3) is 0 Å². The van der Waals surface area contributed by atoms with Gasteiger partial charge in [-0.3, -0.25) is 10.2 Å². The number of methoxy groups -OCH3 is 1. The highest BCUT2D eigenvalue weighted by molar-refractivity contribution is 9.10. The number of amides is 2. The molecule has 0 saturated carbocycles. The average molecular weight is 453 g/mol. The van der Waals surface area contributed by atoms with E-state index >= 15 is 0 Å². The fourth-order valence-electron chi connectivity index (χ4n) is 3.37. The zero-order valence-corrected chi connectivity index (χ0v) is 16.6. The lowest BCUT2D eigenvalue weighted by Gasteiger charge is -2.35. The lowest BCUT2D eigenvalue weighted by molar-refractivity contribution is 0.0594. The molecule has 1 fully saturated rings. The highest BCUT2D eigenvalue weighted by Crippen LogP contribution is 2.41. The maximum atomic E-state index is 13.0. The molecule has 10 heteroatoms. The quantitative estimate of drug-likeness (QED) is 0.704. The van der Waals surface area contributed by atoms with E-state index in [0.29, 0.717) is 18.2 Å². The molecule has 2 amide bonds. The van der Waals surface area contributed by atoms with Crippen LogP contribution in [0.15, 0.2) is 28.9 Å². The van der Waals surface area contributed by atoms with Crippen molar-refractivity contribution in [2.75, 3.05) is 35.3 Å². The summed E-state index contributed by atoms with van der Waals surface area (Å²) in [4.78, 5) is 37.2. The Bertz CT molecular complexity index is 941. The Balaban J connectivity index is 1.74. The number of ether oxygens (including phenoxy) is 1. The Morgan fingerprint density at radius 1 is 1.41 bits per heavy atom. The third-order valence-electron chi connectivity index (χ3n) is 4.59. The Kier molecular flexibility index (Phi) is 4.65. The fraction of sp³-hybridized carbons (Fsp3) is 0.294. The van der Waals surface area contributed by atoms with Crippen LogP contribution in [-0.2, 0) is 4.74 Å². The number of aromatic nitrogens is 2. The average Bonchev–Trinajstić information content (AvgIpc) is 3.06. The summed E-state index contributed by atoms with van der Waals surface area (Å²) in [5.74, 6) is 0.157. The van der Waals surface area contributed by atoms with E-state index in [-0.39, 0.29) is 22.8 Å². The van der Waals surface area contributed by atoms with Gasteiger partial charge in [-0.25, -0.2) is 19.6 Å². The molecule has 2 aromatic heterocycles. The molecule has 2 bridgehead atoms. The first-order valence-electron chi connectivity index (χ1n) is 8.23. The summed E-state index contributed by atoms with van der Waals surface area (Å²) < 4.78 is 5.55. The van der Waals surface area contributed by atoms with Crippen molar-refractivity contribution in [1.82, 2.24) is 9.97 Å². The molecule has 8 nitrogen and oxygen atoms in total. The molecule has 0 aromatic carbocycles. The number of urea groups is 1. The van der Waals surface area contributed by atoms with Crippen LogP contribution >= 0.6 is 27.5 Å². The van der Waals surface area contributed by atoms with Gasteiger partial charge in [-0.2, -0.15) is 0 Å². The summed E-state index contributed by atoms with van der Waals surface area (Å²) in [6.07, 6.45) is 2.38. The van der Waals surface area contributed by atoms with Crippen LogP contribution in [0.25, 0.3) is 0 Å². The number of carbonyl (C=O) groups excluding carboxylic acids is 2. The summed E-state index contributed by atoms with van der Waals surface area (Å²) in [5, 5.41) is 2.99. The van der Waals surface area contributed by atoms with Crippen molar-refractivity contribution in [3.63, 3.8) is 0 Å². The minimum absolute atomic E-state index is 0.0150. The minimum Gasteiger partial charge on any atom is -0.464 e. The molecule has 2 aliphatic heterocycles. The van der Waals surface area contributed by atoms with E-state index in [4.69, 9.17) is 16.3 Å². The number of pyridine rings is 2. The van der Waals surface area contributed by atoms with E-state index in [1.165, 1.54) is 7.11 Å². The van der Waals surface area contributed by atoms with E-state index in [1.807, 2.05) is 0 Å². The van der Waals surface area contributed by atoms with Crippen LogP contribution in [0.2, 0.25) is 5.02 Å². The third kappa shape index (κ3) is 3.21. The molecule has 0 aliphatic carbocycles. The van der Waals surface area contributed by atoms with Crippen molar-refractivity contribution in [3.8, 4) is 0 Å². The number of fused-ring (bicyclic) bond motifs is 4. The summed E-state index contributed by atoms with van der Waals surface area (Å²) in [6, 6.07) is 4.73. The van der Waals surface area contributed by atoms with Crippen LogP contribution in [0.3, 0.4) is 0 Å². The van der Waals surface area contributed by atoms with Gasteiger partial charge in [0.2, 0.25) is 0 Å². The smallest absolute Gasteiger partial charge is 0.358 e. The SMILES string of the molecule is COC(=O)c1nc2c(cc1Cl)N1CCC(C1)N2C(=O)Nc1cc(Br)ccn1. The van der Waals surface area contributed by atoms with Crippen molar-refractivity contribution < 1.29 is 14.3 Å². The Labute approximate surface area is 168 Å². The third-order valence-corrected chi connectivity index (χ3v) is 5.37. The van der Waals surface area contributed by atoms with Gasteiger partial charge in [-0.1, -0.05) is 27.5 Å². The van der Waals surface area contributed by atoms with Crippen LogP contribution in [0.5, 0.6) is 0 Å². The van der Waals surface area contributed by atoms with Crippen molar-refractivity contribution in [2.45, 2.75) is 12.5 Å². The largest absolute Gasteiger partial charge is 0.464 e. The standard InChI is InChI=1S/C17H15BrClN5O3/c1-27-16(25)14-11(19)7-12-15(22-14)24(10-3-5-23(12)8-10)17(26)21-13-6-9(18)2-4-20-13/h2,4,6-7,10H,3,5,8H2,1H3,(H,20,21,26). The van der Waals surface area contributed by atoms with Crippen LogP contribution < -0.4 is 15.1 Å². The van der Waals surface area contributed by atoms with Gasteiger partial charge in [0.05, 0.1) is 23.9 Å². The van der Waals surface area contributed by atoms with Gasteiger partial charge >= 0.3 is 12.0 Å². The van der Waals surface area contributed by atoms with E-state index in [1.54, 1.807) is 29.3 Å². The zero-order chi connectivity index (χ0) is 19.1. The highest BCUT2D eigenvalue weighted by atomic mass is 79.9. The number of hydrogen-bond donors (Lipinski definition) is 1. The van der Waals surface area contributed by atoms with E-state index in [2.05, 4.69) is 36.1 Å². The lowest BCUT2D eigenvalue weighted by atomic mass is 10.1.